The fourth-order valence-corrected chi connectivity index (χ4v) is 1.88. The predicted octanol–water partition coefficient (Wildman–Crippen LogP) is 0.592. The smallest absolute Gasteiger partial charge is 0.407 e. The van der Waals surface area contributed by atoms with Crippen LogP contribution in [0.3, 0.4) is 0 Å². The Morgan fingerprint density at radius 1 is 1.00 bits per heavy atom. The zero-order valence-electron chi connectivity index (χ0n) is 15.2. The van der Waals surface area contributed by atoms with Gasteiger partial charge in [-0.3, -0.25) is 9.79 Å². The minimum absolute atomic E-state index is 0.146. The lowest BCUT2D eigenvalue weighted by Crippen LogP contribution is -2.42. The number of hydrogen-bond donors (Lipinski definition) is 4. The quantitative estimate of drug-likeness (QED) is 0.294. The van der Waals surface area contributed by atoms with Gasteiger partial charge in [0, 0.05) is 39.1 Å². The van der Waals surface area contributed by atoms with Gasteiger partial charge in [-0.15, -0.1) is 0 Å². The molecule has 0 aliphatic heterocycles. The molecule has 0 aromatic heterocycles. The van der Waals surface area contributed by atoms with Crippen molar-refractivity contribution in [3.05, 3.63) is 0 Å². The molecule has 0 spiro atoms. The Bertz CT molecular complexity index is 441. The Balaban J connectivity index is 2.01. The Kier molecular flexibility index (Phi) is 8.35. The third-order valence-electron chi connectivity index (χ3n) is 3.20. The molecule has 1 saturated carbocycles. The van der Waals surface area contributed by atoms with Crippen LogP contribution in [0.4, 0.5) is 4.79 Å². The first kappa shape index (κ1) is 20.1. The molecule has 1 aliphatic rings. The summed E-state index contributed by atoms with van der Waals surface area (Å²) in [7, 11) is 1.69. The van der Waals surface area contributed by atoms with Crippen molar-refractivity contribution in [3.8, 4) is 0 Å². The highest BCUT2D eigenvalue weighted by atomic mass is 16.6. The van der Waals surface area contributed by atoms with Gasteiger partial charge in [-0.05, 0) is 40.0 Å². The van der Waals surface area contributed by atoms with Crippen molar-refractivity contribution < 1.29 is 14.3 Å². The van der Waals surface area contributed by atoms with Crippen molar-refractivity contribution >= 4 is 18.0 Å². The van der Waals surface area contributed by atoms with E-state index in [1.807, 2.05) is 20.8 Å². The fourth-order valence-electron chi connectivity index (χ4n) is 1.88. The molecule has 8 heteroatoms. The lowest BCUT2D eigenvalue weighted by Gasteiger charge is -2.19. The van der Waals surface area contributed by atoms with E-state index in [1.54, 1.807) is 7.05 Å². The van der Waals surface area contributed by atoms with Crippen molar-refractivity contribution in [1.82, 2.24) is 21.3 Å². The highest BCUT2D eigenvalue weighted by Gasteiger charge is 2.28. The Morgan fingerprint density at radius 2 is 1.58 bits per heavy atom. The first-order chi connectivity index (χ1) is 11.3. The topological polar surface area (TPSA) is 104 Å². The van der Waals surface area contributed by atoms with E-state index in [2.05, 4.69) is 26.3 Å². The molecule has 1 fully saturated rings. The first-order valence-corrected chi connectivity index (χ1v) is 8.51. The average Bonchev–Trinajstić information content (AvgIpc) is 3.31. The second-order valence-electron chi connectivity index (χ2n) is 6.77. The minimum atomic E-state index is -0.483. The predicted molar refractivity (Wildman–Crippen MR) is 94.0 cm³/mol. The third kappa shape index (κ3) is 9.91. The monoisotopic (exact) mass is 341 g/mol. The number of ether oxygens (including phenoxy) is 1. The zero-order valence-corrected chi connectivity index (χ0v) is 15.2. The summed E-state index contributed by atoms with van der Waals surface area (Å²) in [5.41, 5.74) is -0.483. The van der Waals surface area contributed by atoms with E-state index in [0.29, 0.717) is 32.1 Å². The lowest BCUT2D eigenvalue weighted by molar-refractivity contribution is -0.122. The SMILES string of the molecule is CN=C(NCCCNC(=O)OC(C)(C)C)NCCNC(=O)C1CC1. The summed E-state index contributed by atoms with van der Waals surface area (Å²) < 4.78 is 5.15. The van der Waals surface area contributed by atoms with Gasteiger partial charge >= 0.3 is 6.09 Å². The van der Waals surface area contributed by atoms with Gasteiger partial charge in [-0.1, -0.05) is 0 Å². The lowest BCUT2D eigenvalue weighted by atomic mass is 10.2. The van der Waals surface area contributed by atoms with E-state index in [-0.39, 0.29) is 11.8 Å². The van der Waals surface area contributed by atoms with Crippen LogP contribution >= 0.6 is 0 Å². The van der Waals surface area contributed by atoms with Crippen LogP contribution in [0.1, 0.15) is 40.0 Å². The molecule has 1 rings (SSSR count). The van der Waals surface area contributed by atoms with Crippen molar-refractivity contribution in [2.24, 2.45) is 10.9 Å². The summed E-state index contributed by atoms with van der Waals surface area (Å²) in [6.07, 6.45) is 2.37. The Morgan fingerprint density at radius 3 is 2.17 bits per heavy atom. The van der Waals surface area contributed by atoms with Gasteiger partial charge in [-0.2, -0.15) is 0 Å². The molecule has 0 saturated heterocycles. The molecule has 0 aromatic carbocycles. The molecule has 0 radical (unpaired) electrons. The second-order valence-corrected chi connectivity index (χ2v) is 6.77. The molecule has 0 heterocycles. The maximum atomic E-state index is 11.5. The molecular formula is C16H31N5O3. The maximum absolute atomic E-state index is 11.5. The number of alkyl carbamates (subject to hydrolysis) is 1. The summed E-state index contributed by atoms with van der Waals surface area (Å²) in [5, 5.41) is 11.9. The summed E-state index contributed by atoms with van der Waals surface area (Å²) >= 11 is 0. The number of nitrogens with one attached hydrogen (secondary N) is 4. The van der Waals surface area contributed by atoms with Crippen LogP contribution in [0, 0.1) is 5.92 Å². The van der Waals surface area contributed by atoms with Crippen molar-refractivity contribution in [1.29, 1.82) is 0 Å². The first-order valence-electron chi connectivity index (χ1n) is 8.51. The molecule has 4 N–H and O–H groups in total. The molecule has 0 aromatic rings. The van der Waals surface area contributed by atoms with Gasteiger partial charge < -0.3 is 26.0 Å². The number of carbonyl (C=O) groups is 2. The number of hydrogen-bond acceptors (Lipinski definition) is 4. The van der Waals surface area contributed by atoms with Gasteiger partial charge in [0.15, 0.2) is 5.96 Å². The van der Waals surface area contributed by atoms with Gasteiger partial charge in [-0.25, -0.2) is 4.79 Å². The molecule has 0 atom stereocenters. The second kappa shape index (κ2) is 10.00. The van der Waals surface area contributed by atoms with Gasteiger partial charge in [0.05, 0.1) is 0 Å². The standard InChI is InChI=1S/C16H31N5O3/c1-16(2,3)24-15(23)21-9-5-8-19-14(17-4)20-11-10-18-13(22)12-6-7-12/h12H,5-11H2,1-4H3,(H,18,22)(H,21,23)(H2,17,19,20). The number of nitrogens with zero attached hydrogens (tertiary/aromatic N) is 1. The van der Waals surface area contributed by atoms with Crippen LogP contribution < -0.4 is 21.3 Å². The number of aliphatic imine (C=N–C) groups is 1. The summed E-state index contributed by atoms with van der Waals surface area (Å²) in [6, 6.07) is 0. The number of guanidine groups is 1. The van der Waals surface area contributed by atoms with Gasteiger partial charge in [0.1, 0.15) is 5.60 Å². The van der Waals surface area contributed by atoms with Gasteiger partial charge in [0.25, 0.3) is 0 Å². The number of amides is 2. The van der Waals surface area contributed by atoms with Crippen LogP contribution in [-0.4, -0.2) is 56.8 Å². The van der Waals surface area contributed by atoms with E-state index < -0.39 is 11.7 Å². The maximum Gasteiger partial charge on any atom is 0.407 e. The fraction of sp³-hybridized carbons (Fsp3) is 0.812. The molecule has 1 aliphatic carbocycles. The van der Waals surface area contributed by atoms with E-state index >= 15 is 0 Å². The van der Waals surface area contributed by atoms with Crippen LogP contribution in [0.25, 0.3) is 0 Å². The third-order valence-corrected chi connectivity index (χ3v) is 3.20. The zero-order chi connectivity index (χ0) is 18.0. The van der Waals surface area contributed by atoms with Crippen molar-refractivity contribution in [2.45, 2.75) is 45.6 Å². The molecule has 0 bridgehead atoms. The molecular weight excluding hydrogens is 310 g/mol. The van der Waals surface area contributed by atoms with Crippen LogP contribution in [-0.2, 0) is 9.53 Å². The molecule has 8 nitrogen and oxygen atoms in total. The van der Waals surface area contributed by atoms with Crippen LogP contribution in [0.15, 0.2) is 4.99 Å². The summed E-state index contributed by atoms with van der Waals surface area (Å²) in [6.45, 7) is 7.88. The summed E-state index contributed by atoms with van der Waals surface area (Å²) in [4.78, 5) is 27.0. The normalized spacial score (nSPS) is 14.8. The Hall–Kier alpha value is -1.99. The van der Waals surface area contributed by atoms with E-state index in [4.69, 9.17) is 4.74 Å². The minimum Gasteiger partial charge on any atom is -0.444 e. The largest absolute Gasteiger partial charge is 0.444 e. The average molecular weight is 341 g/mol. The van der Waals surface area contributed by atoms with Crippen LogP contribution in [0.2, 0.25) is 0 Å². The molecule has 0 unspecified atom stereocenters. The molecule has 24 heavy (non-hydrogen) atoms. The van der Waals surface area contributed by atoms with E-state index in [0.717, 1.165) is 19.3 Å². The molecule has 2 amide bonds. The van der Waals surface area contributed by atoms with Gasteiger partial charge in [0.2, 0.25) is 5.91 Å². The van der Waals surface area contributed by atoms with Crippen molar-refractivity contribution in [3.63, 3.8) is 0 Å². The van der Waals surface area contributed by atoms with E-state index in [1.165, 1.54) is 0 Å². The Labute approximate surface area is 144 Å². The highest BCUT2D eigenvalue weighted by molar-refractivity contribution is 5.81. The van der Waals surface area contributed by atoms with Crippen molar-refractivity contribution in [2.75, 3.05) is 33.2 Å². The summed E-state index contributed by atoms with van der Waals surface area (Å²) in [5.74, 6) is 1.06. The van der Waals surface area contributed by atoms with E-state index in [9.17, 15) is 9.59 Å². The molecule has 138 valence electrons. The number of rotatable bonds is 8. The number of carbonyl (C=O) groups excluding carboxylic acids is 2. The van der Waals surface area contributed by atoms with Crippen LogP contribution in [0.5, 0.6) is 0 Å². The highest BCUT2D eigenvalue weighted by Crippen LogP contribution is 2.28.